The maximum absolute atomic E-state index is 11.9. The van der Waals surface area contributed by atoms with Crippen LogP contribution in [0, 0.1) is 0 Å². The van der Waals surface area contributed by atoms with Crippen molar-refractivity contribution in [2.45, 2.75) is 10.6 Å². The van der Waals surface area contributed by atoms with Gasteiger partial charge < -0.3 is 0 Å². The summed E-state index contributed by atoms with van der Waals surface area (Å²) in [6.45, 7) is 0. The highest BCUT2D eigenvalue weighted by atomic mass is 32.2. The van der Waals surface area contributed by atoms with Crippen LogP contribution in [0.15, 0.2) is 52.1 Å². The molecule has 0 N–H and O–H groups in total. The molecule has 0 unspecified atom stereocenters. The van der Waals surface area contributed by atoms with Crippen LogP contribution in [0.4, 0.5) is 0 Å². The topological polar surface area (TPSA) is 34.1 Å². The molecule has 2 nitrogen and oxygen atoms in total. The van der Waals surface area contributed by atoms with E-state index in [0.29, 0.717) is 4.90 Å². The molecule has 0 saturated carbocycles. The van der Waals surface area contributed by atoms with Crippen LogP contribution in [0.2, 0.25) is 0 Å². The monoisotopic (exact) mass is 238 g/mol. The molecule has 15 heavy (non-hydrogen) atoms. The highest BCUT2D eigenvalue weighted by molar-refractivity contribution is 7.90. The highest BCUT2D eigenvalue weighted by Gasteiger charge is 2.14. The summed E-state index contributed by atoms with van der Waals surface area (Å²) in [7, 11) is -3.18. The van der Waals surface area contributed by atoms with Gasteiger partial charge in [0.15, 0.2) is 9.84 Å². The van der Waals surface area contributed by atoms with Gasteiger partial charge in [0.05, 0.1) is 10.6 Å². The Kier molecular flexibility index (Phi) is 2.88. The normalized spacial score (nSPS) is 11.5. The van der Waals surface area contributed by atoms with E-state index in [9.17, 15) is 8.42 Å². The van der Waals surface area contributed by atoms with Crippen molar-refractivity contribution in [2.24, 2.45) is 0 Å². The second-order valence-corrected chi connectivity index (χ2v) is 5.97. The lowest BCUT2D eigenvalue weighted by Crippen LogP contribution is -2.03. The van der Waals surface area contributed by atoms with Gasteiger partial charge in [-0.2, -0.15) is 11.3 Å². The maximum atomic E-state index is 11.9. The van der Waals surface area contributed by atoms with Gasteiger partial charge in [-0.15, -0.1) is 0 Å². The minimum atomic E-state index is -3.18. The predicted molar refractivity (Wildman–Crippen MR) is 61.7 cm³/mol. The lowest BCUT2D eigenvalue weighted by Gasteiger charge is -2.01. The van der Waals surface area contributed by atoms with Gasteiger partial charge in [0.2, 0.25) is 0 Å². The Labute approximate surface area is 93.1 Å². The minimum absolute atomic E-state index is 0.0838. The Hall–Kier alpha value is -1.13. The fourth-order valence-corrected chi connectivity index (χ4v) is 3.44. The molecule has 1 aromatic carbocycles. The van der Waals surface area contributed by atoms with Crippen LogP contribution in [0.25, 0.3) is 0 Å². The molecule has 0 aliphatic rings. The lowest BCUT2D eigenvalue weighted by atomic mass is 10.4. The number of hydrogen-bond donors (Lipinski definition) is 0. The van der Waals surface area contributed by atoms with Crippen LogP contribution in [0.5, 0.6) is 0 Å². The van der Waals surface area contributed by atoms with Crippen LogP contribution in [-0.4, -0.2) is 8.42 Å². The highest BCUT2D eigenvalue weighted by Crippen LogP contribution is 2.17. The molecule has 1 heterocycles. The summed E-state index contributed by atoms with van der Waals surface area (Å²) in [5.41, 5.74) is 0.851. The second kappa shape index (κ2) is 4.16. The van der Waals surface area contributed by atoms with Crippen molar-refractivity contribution >= 4 is 21.2 Å². The van der Waals surface area contributed by atoms with E-state index < -0.39 is 9.84 Å². The Morgan fingerprint density at radius 1 is 1.07 bits per heavy atom. The zero-order chi connectivity index (χ0) is 10.7. The largest absolute Gasteiger partial charge is 0.223 e. The van der Waals surface area contributed by atoms with E-state index in [-0.39, 0.29) is 5.75 Å². The first-order valence-electron chi connectivity index (χ1n) is 4.47. The maximum Gasteiger partial charge on any atom is 0.182 e. The Bertz CT molecular complexity index is 513. The molecular formula is C11H10O2S2. The van der Waals surface area contributed by atoms with Gasteiger partial charge in [-0.3, -0.25) is 0 Å². The standard InChI is InChI=1S/C11H10O2S2/c12-15(13,9-10-6-7-14-8-10)11-4-2-1-3-5-11/h1-8H,9H2. The fourth-order valence-electron chi connectivity index (χ4n) is 1.31. The first kappa shape index (κ1) is 10.4. The van der Waals surface area contributed by atoms with Gasteiger partial charge in [-0.1, -0.05) is 18.2 Å². The molecule has 0 bridgehead atoms. The smallest absolute Gasteiger partial charge is 0.182 e. The molecule has 2 rings (SSSR count). The average Bonchev–Trinajstić information content (AvgIpc) is 2.71. The molecule has 78 valence electrons. The second-order valence-electron chi connectivity index (χ2n) is 3.20. The van der Waals surface area contributed by atoms with E-state index in [1.54, 1.807) is 24.3 Å². The van der Waals surface area contributed by atoms with E-state index in [1.807, 2.05) is 22.9 Å². The van der Waals surface area contributed by atoms with E-state index in [4.69, 9.17) is 0 Å². The van der Waals surface area contributed by atoms with Crippen LogP contribution in [-0.2, 0) is 15.6 Å². The molecule has 0 aliphatic carbocycles. The van der Waals surface area contributed by atoms with Crippen LogP contribution >= 0.6 is 11.3 Å². The molecule has 0 atom stereocenters. The molecule has 0 spiro atoms. The van der Waals surface area contributed by atoms with E-state index in [0.717, 1.165) is 5.56 Å². The molecule has 0 radical (unpaired) electrons. The van der Waals surface area contributed by atoms with Crippen molar-refractivity contribution in [2.75, 3.05) is 0 Å². The quantitative estimate of drug-likeness (QED) is 0.824. The van der Waals surface area contributed by atoms with Crippen LogP contribution < -0.4 is 0 Å². The fraction of sp³-hybridized carbons (Fsp3) is 0.0909. The van der Waals surface area contributed by atoms with Gasteiger partial charge in [0.1, 0.15) is 0 Å². The van der Waals surface area contributed by atoms with E-state index in [1.165, 1.54) is 11.3 Å². The molecule has 4 heteroatoms. The van der Waals surface area contributed by atoms with Gasteiger partial charge >= 0.3 is 0 Å². The number of benzene rings is 1. The van der Waals surface area contributed by atoms with Crippen LogP contribution in [0.1, 0.15) is 5.56 Å². The Morgan fingerprint density at radius 2 is 1.80 bits per heavy atom. The third kappa shape index (κ3) is 2.46. The van der Waals surface area contributed by atoms with Crippen molar-refractivity contribution in [3.05, 3.63) is 52.7 Å². The zero-order valence-electron chi connectivity index (χ0n) is 7.96. The first-order chi connectivity index (χ1) is 7.18. The summed E-state index contributed by atoms with van der Waals surface area (Å²) in [6, 6.07) is 10.4. The van der Waals surface area contributed by atoms with E-state index in [2.05, 4.69) is 0 Å². The Balaban J connectivity index is 2.29. The van der Waals surface area contributed by atoms with Crippen LogP contribution in [0.3, 0.4) is 0 Å². The SMILES string of the molecule is O=S(=O)(Cc1ccsc1)c1ccccc1. The third-order valence-electron chi connectivity index (χ3n) is 2.04. The predicted octanol–water partition coefficient (Wildman–Crippen LogP) is 2.72. The van der Waals surface area contributed by atoms with Crippen molar-refractivity contribution in [1.29, 1.82) is 0 Å². The summed E-state index contributed by atoms with van der Waals surface area (Å²) in [5.74, 6) is 0.0838. The molecular weight excluding hydrogens is 228 g/mol. The summed E-state index contributed by atoms with van der Waals surface area (Å²) in [6.07, 6.45) is 0. The van der Waals surface area contributed by atoms with Gasteiger partial charge in [0.25, 0.3) is 0 Å². The van der Waals surface area contributed by atoms with Crippen molar-refractivity contribution < 1.29 is 8.42 Å². The minimum Gasteiger partial charge on any atom is -0.223 e. The summed E-state index contributed by atoms with van der Waals surface area (Å²) in [5, 5.41) is 3.75. The zero-order valence-corrected chi connectivity index (χ0v) is 9.59. The van der Waals surface area contributed by atoms with Crippen molar-refractivity contribution in [3.63, 3.8) is 0 Å². The number of hydrogen-bond acceptors (Lipinski definition) is 3. The molecule has 2 aromatic rings. The third-order valence-corrected chi connectivity index (χ3v) is 4.47. The van der Waals surface area contributed by atoms with Gasteiger partial charge in [-0.05, 0) is 34.5 Å². The molecule has 0 fully saturated rings. The summed E-state index contributed by atoms with van der Waals surface area (Å²) in [4.78, 5) is 0.385. The molecule has 1 aromatic heterocycles. The number of thiophene rings is 1. The van der Waals surface area contributed by atoms with Gasteiger partial charge in [-0.25, -0.2) is 8.42 Å². The molecule has 0 saturated heterocycles. The Morgan fingerprint density at radius 3 is 2.40 bits per heavy atom. The molecule has 0 amide bonds. The first-order valence-corrected chi connectivity index (χ1v) is 7.07. The number of rotatable bonds is 3. The average molecular weight is 238 g/mol. The molecule has 0 aliphatic heterocycles. The van der Waals surface area contributed by atoms with Crippen molar-refractivity contribution in [1.82, 2.24) is 0 Å². The number of sulfone groups is 1. The van der Waals surface area contributed by atoms with E-state index >= 15 is 0 Å². The lowest BCUT2D eigenvalue weighted by molar-refractivity contribution is 0.595. The summed E-state index contributed by atoms with van der Waals surface area (Å²) >= 11 is 1.51. The van der Waals surface area contributed by atoms with Gasteiger partial charge in [0, 0.05) is 0 Å². The van der Waals surface area contributed by atoms with Crippen molar-refractivity contribution in [3.8, 4) is 0 Å². The summed E-state index contributed by atoms with van der Waals surface area (Å²) < 4.78 is 23.8.